The lowest BCUT2D eigenvalue weighted by Crippen LogP contribution is -2.04. The van der Waals surface area contributed by atoms with Crippen LogP contribution in [0.2, 0.25) is 0 Å². The lowest BCUT2D eigenvalue weighted by atomic mass is 10.1. The van der Waals surface area contributed by atoms with Gasteiger partial charge in [-0.25, -0.2) is 0 Å². The minimum absolute atomic E-state index is 0.0330. The minimum atomic E-state index is -0.194. The first kappa shape index (κ1) is 8.62. The molecule has 0 fully saturated rings. The van der Waals surface area contributed by atoms with Gasteiger partial charge in [0.25, 0.3) is 5.56 Å². The summed E-state index contributed by atoms with van der Waals surface area (Å²) >= 11 is 0. The predicted octanol–water partition coefficient (Wildman–Crippen LogP) is 1.24. The number of benzene rings is 1. The zero-order chi connectivity index (χ0) is 10.1. The summed E-state index contributed by atoms with van der Waals surface area (Å²) in [5, 5.41) is 10.7. The van der Waals surface area contributed by atoms with Crippen molar-refractivity contribution in [2.24, 2.45) is 0 Å². The fourth-order valence-electron chi connectivity index (χ4n) is 1.37. The van der Waals surface area contributed by atoms with Crippen LogP contribution in [-0.4, -0.2) is 17.2 Å². The van der Waals surface area contributed by atoms with Crippen LogP contribution in [-0.2, 0) is 0 Å². The Kier molecular flexibility index (Phi) is 1.89. The summed E-state index contributed by atoms with van der Waals surface area (Å²) in [6.45, 7) is 0. The number of aromatic nitrogens is 1. The number of aromatic amines is 1. The van der Waals surface area contributed by atoms with E-state index < -0.39 is 0 Å². The third kappa shape index (κ3) is 1.21. The average molecular weight is 191 g/mol. The molecule has 1 aromatic heterocycles. The van der Waals surface area contributed by atoms with Crippen molar-refractivity contribution in [2.45, 2.75) is 0 Å². The summed E-state index contributed by atoms with van der Waals surface area (Å²) in [5.74, 6) is 0.333. The van der Waals surface area contributed by atoms with Gasteiger partial charge in [-0.05, 0) is 23.6 Å². The Morgan fingerprint density at radius 3 is 2.93 bits per heavy atom. The monoisotopic (exact) mass is 191 g/mol. The van der Waals surface area contributed by atoms with E-state index in [0.717, 1.165) is 0 Å². The molecule has 14 heavy (non-hydrogen) atoms. The fourth-order valence-corrected chi connectivity index (χ4v) is 1.37. The molecule has 0 amide bonds. The van der Waals surface area contributed by atoms with E-state index in [0.29, 0.717) is 16.5 Å². The highest BCUT2D eigenvalue weighted by atomic mass is 16.5. The van der Waals surface area contributed by atoms with Crippen molar-refractivity contribution in [3.63, 3.8) is 0 Å². The molecule has 0 aliphatic heterocycles. The van der Waals surface area contributed by atoms with Gasteiger partial charge in [0.1, 0.15) is 0 Å². The lowest BCUT2D eigenvalue weighted by molar-refractivity contribution is 0.374. The maximum absolute atomic E-state index is 11.4. The van der Waals surface area contributed by atoms with Gasteiger partial charge in [0.15, 0.2) is 11.5 Å². The molecular weight excluding hydrogens is 182 g/mol. The molecule has 4 nitrogen and oxygen atoms in total. The molecular formula is C10H9NO3. The highest BCUT2D eigenvalue weighted by Gasteiger charge is 2.05. The molecule has 0 spiro atoms. The van der Waals surface area contributed by atoms with Crippen molar-refractivity contribution < 1.29 is 9.84 Å². The van der Waals surface area contributed by atoms with Gasteiger partial charge in [0, 0.05) is 6.20 Å². The van der Waals surface area contributed by atoms with Crippen LogP contribution in [0.3, 0.4) is 0 Å². The predicted molar refractivity (Wildman–Crippen MR) is 52.8 cm³/mol. The summed E-state index contributed by atoms with van der Waals surface area (Å²) in [6.07, 6.45) is 1.54. The third-order valence-corrected chi connectivity index (χ3v) is 2.07. The molecule has 2 N–H and O–H groups in total. The number of nitrogens with one attached hydrogen (secondary N) is 1. The van der Waals surface area contributed by atoms with Gasteiger partial charge in [-0.15, -0.1) is 0 Å². The van der Waals surface area contributed by atoms with Crippen molar-refractivity contribution in [1.29, 1.82) is 0 Å². The van der Waals surface area contributed by atoms with Gasteiger partial charge in [0.05, 0.1) is 12.5 Å². The van der Waals surface area contributed by atoms with Crippen LogP contribution >= 0.6 is 0 Å². The molecule has 0 unspecified atom stereocenters. The number of H-pyrrole nitrogens is 1. The highest BCUT2D eigenvalue weighted by Crippen LogP contribution is 2.29. The number of pyridine rings is 1. The number of phenolic OH excluding ortho intramolecular Hbond substituents is 1. The molecule has 2 rings (SSSR count). The number of hydrogen-bond donors (Lipinski definition) is 2. The fraction of sp³-hybridized carbons (Fsp3) is 0.100. The van der Waals surface area contributed by atoms with Gasteiger partial charge < -0.3 is 14.8 Å². The molecule has 1 aromatic carbocycles. The lowest BCUT2D eigenvalue weighted by Gasteiger charge is -2.04. The zero-order valence-electron chi connectivity index (χ0n) is 7.57. The number of phenols is 1. The normalized spacial score (nSPS) is 10.4. The first-order valence-electron chi connectivity index (χ1n) is 4.11. The Balaban J connectivity index is 2.87. The van der Waals surface area contributed by atoms with E-state index in [2.05, 4.69) is 4.98 Å². The number of rotatable bonds is 1. The molecule has 0 atom stereocenters. The van der Waals surface area contributed by atoms with E-state index in [1.165, 1.54) is 25.4 Å². The second-order valence-corrected chi connectivity index (χ2v) is 2.92. The second kappa shape index (κ2) is 3.06. The van der Waals surface area contributed by atoms with Crippen LogP contribution in [0.5, 0.6) is 11.5 Å². The van der Waals surface area contributed by atoms with Crippen molar-refractivity contribution >= 4 is 10.8 Å². The van der Waals surface area contributed by atoms with Gasteiger partial charge in [-0.1, -0.05) is 0 Å². The number of ether oxygens (including phenoxy) is 1. The molecule has 0 aliphatic carbocycles. The Morgan fingerprint density at radius 1 is 1.43 bits per heavy atom. The zero-order valence-corrected chi connectivity index (χ0v) is 7.57. The van der Waals surface area contributed by atoms with Crippen molar-refractivity contribution in [1.82, 2.24) is 4.98 Å². The first-order valence-corrected chi connectivity index (χ1v) is 4.11. The van der Waals surface area contributed by atoms with Crippen LogP contribution in [0, 0.1) is 0 Å². The van der Waals surface area contributed by atoms with E-state index in [-0.39, 0.29) is 11.3 Å². The average Bonchev–Trinajstić information content (AvgIpc) is 2.17. The summed E-state index contributed by atoms with van der Waals surface area (Å²) in [7, 11) is 1.44. The van der Waals surface area contributed by atoms with E-state index in [9.17, 15) is 9.90 Å². The van der Waals surface area contributed by atoms with Crippen molar-refractivity contribution in [2.75, 3.05) is 7.11 Å². The summed E-state index contributed by atoms with van der Waals surface area (Å²) in [6, 6.07) is 4.74. The number of fused-ring (bicyclic) bond motifs is 1. The van der Waals surface area contributed by atoms with Gasteiger partial charge in [-0.3, -0.25) is 4.79 Å². The third-order valence-electron chi connectivity index (χ3n) is 2.07. The second-order valence-electron chi connectivity index (χ2n) is 2.92. The SMILES string of the molecule is COc1cc2c(=O)[nH]ccc2cc1O. The molecule has 0 saturated carbocycles. The largest absolute Gasteiger partial charge is 0.504 e. The van der Waals surface area contributed by atoms with Crippen molar-refractivity contribution in [3.8, 4) is 11.5 Å². The molecule has 1 heterocycles. The quantitative estimate of drug-likeness (QED) is 0.712. The van der Waals surface area contributed by atoms with Crippen LogP contribution in [0.1, 0.15) is 0 Å². The smallest absolute Gasteiger partial charge is 0.255 e. The highest BCUT2D eigenvalue weighted by molar-refractivity contribution is 5.84. The van der Waals surface area contributed by atoms with Crippen LogP contribution in [0.4, 0.5) is 0 Å². The van der Waals surface area contributed by atoms with Crippen LogP contribution in [0.15, 0.2) is 29.2 Å². The Hall–Kier alpha value is -1.97. The van der Waals surface area contributed by atoms with E-state index in [1.807, 2.05) is 0 Å². The van der Waals surface area contributed by atoms with E-state index in [1.54, 1.807) is 6.07 Å². The topological polar surface area (TPSA) is 62.3 Å². The van der Waals surface area contributed by atoms with Crippen LogP contribution < -0.4 is 10.3 Å². The molecule has 0 saturated heterocycles. The van der Waals surface area contributed by atoms with Gasteiger partial charge in [0.2, 0.25) is 0 Å². The van der Waals surface area contributed by atoms with Gasteiger partial charge in [-0.2, -0.15) is 0 Å². The van der Waals surface area contributed by atoms with Gasteiger partial charge >= 0.3 is 0 Å². The number of methoxy groups -OCH3 is 1. The molecule has 4 heteroatoms. The number of hydrogen-bond acceptors (Lipinski definition) is 3. The standard InChI is InChI=1S/C10H9NO3/c1-14-9-5-7-6(4-8(9)12)2-3-11-10(7)13/h2-5,12H,1H3,(H,11,13). The van der Waals surface area contributed by atoms with E-state index in [4.69, 9.17) is 4.74 Å². The van der Waals surface area contributed by atoms with E-state index >= 15 is 0 Å². The maximum atomic E-state index is 11.4. The summed E-state index contributed by atoms with van der Waals surface area (Å²) in [5.41, 5.74) is -0.194. The Bertz CT molecular complexity index is 530. The maximum Gasteiger partial charge on any atom is 0.255 e. The van der Waals surface area contributed by atoms with Crippen LogP contribution in [0.25, 0.3) is 10.8 Å². The molecule has 2 aromatic rings. The number of aromatic hydroxyl groups is 1. The molecule has 0 radical (unpaired) electrons. The van der Waals surface area contributed by atoms with Crippen molar-refractivity contribution in [3.05, 3.63) is 34.7 Å². The first-order chi connectivity index (χ1) is 6.72. The molecule has 0 aliphatic rings. The molecule has 0 bridgehead atoms. The summed E-state index contributed by atoms with van der Waals surface area (Å²) in [4.78, 5) is 13.9. The Labute approximate surface area is 79.8 Å². The summed E-state index contributed by atoms with van der Waals surface area (Å²) < 4.78 is 4.91. The Morgan fingerprint density at radius 2 is 2.21 bits per heavy atom. The minimum Gasteiger partial charge on any atom is -0.504 e. The molecule has 72 valence electrons.